The van der Waals surface area contributed by atoms with E-state index in [4.69, 9.17) is 10.5 Å². The van der Waals surface area contributed by atoms with Gasteiger partial charge in [-0.15, -0.1) is 0 Å². The van der Waals surface area contributed by atoms with E-state index in [0.717, 1.165) is 25.9 Å². The quantitative estimate of drug-likeness (QED) is 0.688. The van der Waals surface area contributed by atoms with Gasteiger partial charge in [-0.3, -0.25) is 0 Å². The molecule has 0 aliphatic carbocycles. The van der Waals surface area contributed by atoms with E-state index in [0.29, 0.717) is 6.54 Å². The van der Waals surface area contributed by atoms with E-state index in [1.807, 2.05) is 7.05 Å². The Morgan fingerprint density at radius 3 is 2.69 bits per heavy atom. The minimum atomic E-state index is 0.0145. The van der Waals surface area contributed by atoms with Crippen molar-refractivity contribution in [2.24, 2.45) is 5.73 Å². The van der Waals surface area contributed by atoms with Crippen LogP contribution in [0.5, 0.6) is 0 Å². The maximum absolute atomic E-state index is 5.81. The van der Waals surface area contributed by atoms with Gasteiger partial charge in [-0.2, -0.15) is 0 Å². The average molecular weight is 186 g/mol. The zero-order valence-electron chi connectivity index (χ0n) is 9.02. The number of ether oxygens (including phenoxy) is 1. The first-order chi connectivity index (χ1) is 6.10. The van der Waals surface area contributed by atoms with Gasteiger partial charge in [0.2, 0.25) is 0 Å². The molecule has 3 N–H and O–H groups in total. The molecule has 78 valence electrons. The summed E-state index contributed by atoms with van der Waals surface area (Å²) in [7, 11) is 1.99. The summed E-state index contributed by atoms with van der Waals surface area (Å²) >= 11 is 0. The van der Waals surface area contributed by atoms with E-state index in [2.05, 4.69) is 19.2 Å². The summed E-state index contributed by atoms with van der Waals surface area (Å²) < 4.78 is 5.78. The maximum Gasteiger partial charge on any atom is 0.0670 e. The van der Waals surface area contributed by atoms with Crippen molar-refractivity contribution < 1.29 is 4.74 Å². The molecule has 0 radical (unpaired) electrons. The van der Waals surface area contributed by atoms with Gasteiger partial charge in [-0.1, -0.05) is 6.92 Å². The van der Waals surface area contributed by atoms with Crippen molar-refractivity contribution in [1.82, 2.24) is 5.32 Å². The summed E-state index contributed by atoms with van der Waals surface area (Å²) in [4.78, 5) is 0. The van der Waals surface area contributed by atoms with Crippen LogP contribution in [0.2, 0.25) is 0 Å². The van der Waals surface area contributed by atoms with Crippen LogP contribution in [0.3, 0.4) is 0 Å². The molecule has 3 nitrogen and oxygen atoms in total. The fraction of sp³-hybridized carbons (Fsp3) is 1.00. The maximum atomic E-state index is 5.81. The van der Waals surface area contributed by atoms with Crippen LogP contribution in [0, 0.1) is 0 Å². The second-order valence-corrected chi connectivity index (χ2v) is 4.31. The van der Waals surface area contributed by atoms with E-state index >= 15 is 0 Å². The Morgan fingerprint density at radius 1 is 1.54 bits per heavy atom. The molecule has 0 spiro atoms. The smallest absolute Gasteiger partial charge is 0.0670 e. The van der Waals surface area contributed by atoms with Crippen molar-refractivity contribution >= 4 is 0 Å². The number of hydrogen-bond acceptors (Lipinski definition) is 3. The van der Waals surface area contributed by atoms with E-state index in [1.54, 1.807) is 0 Å². The number of nitrogens with two attached hydrogens (primary N) is 1. The molecule has 13 heavy (non-hydrogen) atoms. The van der Waals surface area contributed by atoms with E-state index in [-0.39, 0.29) is 11.1 Å². The molecule has 1 rings (SSSR count). The lowest BCUT2D eigenvalue weighted by Crippen LogP contribution is -2.58. The Balaban J connectivity index is 2.69. The third-order valence-electron chi connectivity index (χ3n) is 3.41. The van der Waals surface area contributed by atoms with Crippen molar-refractivity contribution in [3.63, 3.8) is 0 Å². The molecule has 1 aliphatic heterocycles. The average Bonchev–Trinajstić information content (AvgIpc) is 2.18. The molecular weight excluding hydrogens is 164 g/mol. The molecule has 2 atom stereocenters. The minimum Gasteiger partial charge on any atom is -0.375 e. The van der Waals surface area contributed by atoms with Crippen LogP contribution < -0.4 is 11.1 Å². The molecule has 1 saturated heterocycles. The molecule has 0 bridgehead atoms. The van der Waals surface area contributed by atoms with Crippen LogP contribution in [0.1, 0.15) is 33.1 Å². The van der Waals surface area contributed by atoms with Crippen molar-refractivity contribution in [1.29, 1.82) is 0 Å². The summed E-state index contributed by atoms with van der Waals surface area (Å²) in [6.07, 6.45) is 3.09. The van der Waals surface area contributed by atoms with Crippen LogP contribution >= 0.6 is 0 Å². The van der Waals surface area contributed by atoms with Crippen molar-refractivity contribution in [3.05, 3.63) is 0 Å². The zero-order valence-corrected chi connectivity index (χ0v) is 9.02. The highest BCUT2D eigenvalue weighted by atomic mass is 16.5. The van der Waals surface area contributed by atoms with E-state index in [9.17, 15) is 0 Å². The second-order valence-electron chi connectivity index (χ2n) is 4.31. The fourth-order valence-electron chi connectivity index (χ4n) is 2.06. The van der Waals surface area contributed by atoms with Crippen molar-refractivity contribution in [3.8, 4) is 0 Å². The largest absolute Gasteiger partial charge is 0.375 e. The Bertz CT molecular complexity index is 168. The fourth-order valence-corrected chi connectivity index (χ4v) is 2.06. The highest BCUT2D eigenvalue weighted by molar-refractivity contribution is 4.97. The molecular formula is C10H22N2O. The van der Waals surface area contributed by atoms with Crippen LogP contribution in [0.4, 0.5) is 0 Å². The minimum absolute atomic E-state index is 0.0145. The summed E-state index contributed by atoms with van der Waals surface area (Å²) in [6.45, 7) is 5.86. The van der Waals surface area contributed by atoms with Gasteiger partial charge < -0.3 is 15.8 Å². The van der Waals surface area contributed by atoms with Gasteiger partial charge in [0.15, 0.2) is 0 Å². The van der Waals surface area contributed by atoms with Crippen LogP contribution in [0.15, 0.2) is 0 Å². The van der Waals surface area contributed by atoms with Crippen LogP contribution in [-0.4, -0.2) is 31.3 Å². The molecule has 1 fully saturated rings. The van der Waals surface area contributed by atoms with Gasteiger partial charge in [0.25, 0.3) is 0 Å². The van der Waals surface area contributed by atoms with E-state index < -0.39 is 0 Å². The third-order valence-corrected chi connectivity index (χ3v) is 3.41. The Kier molecular flexibility index (Phi) is 3.33. The molecule has 0 saturated carbocycles. The van der Waals surface area contributed by atoms with Gasteiger partial charge in [0, 0.05) is 18.7 Å². The molecule has 1 heterocycles. The number of nitrogens with one attached hydrogen (secondary N) is 1. The van der Waals surface area contributed by atoms with Gasteiger partial charge in [0.05, 0.1) is 5.60 Å². The lowest BCUT2D eigenvalue weighted by molar-refractivity contribution is -0.0981. The molecule has 0 aromatic rings. The van der Waals surface area contributed by atoms with Crippen LogP contribution in [-0.2, 0) is 4.74 Å². The topological polar surface area (TPSA) is 47.3 Å². The Hall–Kier alpha value is -0.120. The predicted octanol–water partition coefficient (Wildman–Crippen LogP) is 0.882. The SMILES string of the molecule is CCC1(C)CC(CN)(NC)CCO1. The van der Waals surface area contributed by atoms with Gasteiger partial charge >= 0.3 is 0 Å². The standard InChI is InChI=1S/C10H22N2O/c1-4-9(2)7-10(8-11,12-3)5-6-13-9/h12H,4-8,11H2,1-3H3. The predicted molar refractivity (Wildman–Crippen MR) is 54.7 cm³/mol. The van der Waals surface area contributed by atoms with Gasteiger partial charge in [0.1, 0.15) is 0 Å². The number of rotatable bonds is 3. The molecule has 0 aromatic heterocycles. The highest BCUT2D eigenvalue weighted by Gasteiger charge is 2.40. The van der Waals surface area contributed by atoms with E-state index in [1.165, 1.54) is 0 Å². The van der Waals surface area contributed by atoms with Crippen molar-refractivity contribution in [2.75, 3.05) is 20.2 Å². The number of hydrogen-bond donors (Lipinski definition) is 2. The summed E-state index contributed by atoms with van der Waals surface area (Å²) in [5.74, 6) is 0. The Morgan fingerprint density at radius 2 is 2.23 bits per heavy atom. The summed E-state index contributed by atoms with van der Waals surface area (Å²) in [5, 5.41) is 3.35. The molecule has 3 heteroatoms. The normalized spacial score (nSPS) is 40.6. The summed E-state index contributed by atoms with van der Waals surface area (Å²) in [6, 6.07) is 0. The first-order valence-electron chi connectivity index (χ1n) is 5.13. The first-order valence-corrected chi connectivity index (χ1v) is 5.13. The van der Waals surface area contributed by atoms with Crippen LogP contribution in [0.25, 0.3) is 0 Å². The lowest BCUT2D eigenvalue weighted by Gasteiger charge is -2.45. The molecule has 2 unspecified atom stereocenters. The first kappa shape index (κ1) is 11.0. The van der Waals surface area contributed by atoms with Crippen molar-refractivity contribution in [2.45, 2.75) is 44.2 Å². The second kappa shape index (κ2) is 3.95. The highest BCUT2D eigenvalue weighted by Crippen LogP contribution is 2.33. The molecule has 1 aliphatic rings. The molecule has 0 amide bonds. The third kappa shape index (κ3) is 2.22. The summed E-state index contributed by atoms with van der Waals surface area (Å²) in [5.41, 5.74) is 5.92. The number of likely N-dealkylation sites (N-methyl/N-ethyl adjacent to an activating group) is 1. The monoisotopic (exact) mass is 186 g/mol. The lowest BCUT2D eigenvalue weighted by atomic mass is 9.79. The Labute approximate surface area is 81.0 Å². The van der Waals surface area contributed by atoms with Gasteiger partial charge in [-0.05, 0) is 33.2 Å². The molecule has 0 aromatic carbocycles. The van der Waals surface area contributed by atoms with Gasteiger partial charge in [-0.25, -0.2) is 0 Å². The zero-order chi connectivity index (χ0) is 9.95.